The van der Waals surface area contributed by atoms with E-state index >= 15 is 0 Å². The maximum absolute atomic E-state index is 12.0. The highest BCUT2D eigenvalue weighted by Gasteiger charge is 2.28. The Labute approximate surface area is 102 Å². The average Bonchev–Trinajstić information content (AvgIpc) is 2.77. The topological polar surface area (TPSA) is 46.3 Å². The first-order valence-corrected chi connectivity index (χ1v) is 6.46. The molecule has 1 fully saturated rings. The van der Waals surface area contributed by atoms with Gasteiger partial charge < -0.3 is 4.42 Å². The van der Waals surface area contributed by atoms with Crippen LogP contribution in [0.3, 0.4) is 0 Å². The summed E-state index contributed by atoms with van der Waals surface area (Å²) < 4.78 is 5.40. The lowest BCUT2D eigenvalue weighted by atomic mass is 9.94. The Morgan fingerprint density at radius 2 is 2.18 bits per heavy atom. The molecule has 1 aliphatic carbocycles. The summed E-state index contributed by atoms with van der Waals surface area (Å²) in [7, 11) is 0. The van der Waals surface area contributed by atoms with Crippen molar-refractivity contribution in [2.24, 2.45) is 0 Å². The van der Waals surface area contributed by atoms with Crippen LogP contribution in [0.2, 0.25) is 0 Å². The lowest BCUT2D eigenvalue weighted by Gasteiger charge is -2.31. The number of hydrogen-bond donors (Lipinski definition) is 0. The molecule has 0 bridgehead atoms. The number of oxazole rings is 1. The minimum absolute atomic E-state index is 0.110. The van der Waals surface area contributed by atoms with Crippen LogP contribution >= 0.6 is 0 Å². The van der Waals surface area contributed by atoms with E-state index in [1.807, 2.05) is 13.8 Å². The highest BCUT2D eigenvalue weighted by molar-refractivity contribution is 5.91. The molecule has 0 saturated heterocycles. The van der Waals surface area contributed by atoms with Crippen LogP contribution in [0.25, 0.3) is 0 Å². The smallest absolute Gasteiger partial charge is 0.304 e. The largest absolute Gasteiger partial charge is 0.431 e. The number of aryl methyl sites for hydroxylation is 1. The Bertz CT molecular complexity index is 381. The zero-order chi connectivity index (χ0) is 12.3. The van der Waals surface area contributed by atoms with Crippen molar-refractivity contribution in [3.8, 4) is 0 Å². The molecule has 0 unspecified atom stereocenters. The number of aromatic nitrogens is 1. The van der Waals surface area contributed by atoms with E-state index in [0.29, 0.717) is 12.4 Å². The molecule has 0 aliphatic heterocycles. The first kappa shape index (κ1) is 12.1. The average molecular weight is 236 g/mol. The Balaban J connectivity index is 2.21. The van der Waals surface area contributed by atoms with E-state index in [2.05, 4.69) is 4.98 Å². The lowest BCUT2D eigenvalue weighted by molar-refractivity contribution is -0.119. The Hall–Kier alpha value is -1.32. The second-order valence-electron chi connectivity index (χ2n) is 4.68. The van der Waals surface area contributed by atoms with Crippen LogP contribution in [-0.4, -0.2) is 16.9 Å². The summed E-state index contributed by atoms with van der Waals surface area (Å²) in [5.41, 5.74) is 0.824. The fourth-order valence-electron chi connectivity index (χ4n) is 2.43. The van der Waals surface area contributed by atoms with Gasteiger partial charge in [0.2, 0.25) is 5.91 Å². The second-order valence-corrected chi connectivity index (χ2v) is 4.68. The van der Waals surface area contributed by atoms with Gasteiger partial charge in [0.1, 0.15) is 6.26 Å². The van der Waals surface area contributed by atoms with Crippen LogP contribution in [0.1, 0.15) is 51.1 Å². The summed E-state index contributed by atoms with van der Waals surface area (Å²) in [4.78, 5) is 18.1. The van der Waals surface area contributed by atoms with E-state index in [4.69, 9.17) is 4.42 Å². The third-order valence-electron chi connectivity index (χ3n) is 3.32. The monoisotopic (exact) mass is 236 g/mol. The van der Waals surface area contributed by atoms with E-state index in [1.165, 1.54) is 19.3 Å². The minimum atomic E-state index is 0.110. The molecule has 2 rings (SSSR count). The molecule has 17 heavy (non-hydrogen) atoms. The Kier molecular flexibility index (Phi) is 3.82. The number of rotatable bonds is 3. The molecule has 1 aromatic heterocycles. The summed E-state index contributed by atoms with van der Waals surface area (Å²) in [5.74, 6) is 0.110. The van der Waals surface area contributed by atoms with Crippen LogP contribution in [0.15, 0.2) is 10.7 Å². The molecule has 0 N–H and O–H groups in total. The van der Waals surface area contributed by atoms with E-state index in [0.717, 1.165) is 18.5 Å². The van der Waals surface area contributed by atoms with Gasteiger partial charge in [-0.2, -0.15) is 4.98 Å². The van der Waals surface area contributed by atoms with Gasteiger partial charge in [-0.1, -0.05) is 26.2 Å². The van der Waals surface area contributed by atoms with Gasteiger partial charge in [0.15, 0.2) is 0 Å². The second kappa shape index (κ2) is 5.34. The van der Waals surface area contributed by atoms with Crippen molar-refractivity contribution >= 4 is 11.9 Å². The summed E-state index contributed by atoms with van der Waals surface area (Å²) >= 11 is 0. The summed E-state index contributed by atoms with van der Waals surface area (Å²) in [5, 5.41) is 0. The molecular formula is C13H20N2O2. The summed E-state index contributed by atoms with van der Waals surface area (Å²) in [6.45, 7) is 3.76. The van der Waals surface area contributed by atoms with Gasteiger partial charge in [0.05, 0.1) is 5.69 Å². The fourth-order valence-corrected chi connectivity index (χ4v) is 2.43. The molecule has 1 aromatic rings. The Morgan fingerprint density at radius 1 is 1.47 bits per heavy atom. The highest BCUT2D eigenvalue weighted by Crippen LogP contribution is 2.27. The summed E-state index contributed by atoms with van der Waals surface area (Å²) in [6, 6.07) is 0.746. The first-order valence-electron chi connectivity index (χ1n) is 6.46. The van der Waals surface area contributed by atoms with Crippen LogP contribution in [0, 0.1) is 6.92 Å². The van der Waals surface area contributed by atoms with E-state index in [1.54, 1.807) is 11.2 Å². The normalized spacial score (nSPS) is 17.1. The zero-order valence-electron chi connectivity index (χ0n) is 10.6. The predicted molar refractivity (Wildman–Crippen MR) is 65.9 cm³/mol. The maximum Gasteiger partial charge on any atom is 0.304 e. The van der Waals surface area contributed by atoms with Gasteiger partial charge in [-0.05, 0) is 19.8 Å². The van der Waals surface area contributed by atoms with Crippen LogP contribution in [0.4, 0.5) is 6.01 Å². The SMILES string of the molecule is CCC(=O)N(c1nc(C)co1)C1CCCCC1. The molecule has 0 spiro atoms. The third kappa shape index (κ3) is 2.68. The van der Waals surface area contributed by atoms with Crippen LogP contribution < -0.4 is 4.90 Å². The van der Waals surface area contributed by atoms with E-state index < -0.39 is 0 Å². The molecule has 1 aliphatic rings. The van der Waals surface area contributed by atoms with Crippen molar-refractivity contribution in [3.05, 3.63) is 12.0 Å². The quantitative estimate of drug-likeness (QED) is 0.810. The predicted octanol–water partition coefficient (Wildman–Crippen LogP) is 3.06. The molecule has 1 amide bonds. The molecule has 0 radical (unpaired) electrons. The number of nitrogens with zero attached hydrogens (tertiary/aromatic N) is 2. The third-order valence-corrected chi connectivity index (χ3v) is 3.32. The maximum atomic E-state index is 12.0. The molecular weight excluding hydrogens is 216 g/mol. The standard InChI is InChI=1S/C13H20N2O2/c1-3-12(16)15(11-7-5-4-6-8-11)13-14-10(2)9-17-13/h9,11H,3-8H2,1-2H3. The number of hydrogen-bond acceptors (Lipinski definition) is 3. The van der Waals surface area contributed by atoms with Crippen molar-refractivity contribution in [1.29, 1.82) is 0 Å². The van der Waals surface area contributed by atoms with Gasteiger partial charge in [0, 0.05) is 12.5 Å². The number of amides is 1. The molecule has 0 aromatic carbocycles. The van der Waals surface area contributed by atoms with Crippen LogP contribution in [-0.2, 0) is 4.79 Å². The van der Waals surface area contributed by atoms with Crippen molar-refractivity contribution in [1.82, 2.24) is 4.98 Å². The van der Waals surface area contributed by atoms with Crippen molar-refractivity contribution in [2.45, 2.75) is 58.4 Å². The molecule has 4 heteroatoms. The minimum Gasteiger partial charge on any atom is -0.431 e. The van der Waals surface area contributed by atoms with Gasteiger partial charge in [0.25, 0.3) is 0 Å². The fraction of sp³-hybridized carbons (Fsp3) is 0.692. The van der Waals surface area contributed by atoms with Gasteiger partial charge in [-0.3, -0.25) is 9.69 Å². The van der Waals surface area contributed by atoms with Gasteiger partial charge in [-0.25, -0.2) is 0 Å². The number of anilines is 1. The Morgan fingerprint density at radius 3 is 2.71 bits per heavy atom. The molecule has 1 saturated carbocycles. The van der Waals surface area contributed by atoms with Crippen molar-refractivity contribution in [2.75, 3.05) is 4.90 Å². The molecule has 94 valence electrons. The lowest BCUT2D eigenvalue weighted by Crippen LogP contribution is -2.41. The molecule has 0 atom stereocenters. The van der Waals surface area contributed by atoms with Gasteiger partial charge in [-0.15, -0.1) is 0 Å². The van der Waals surface area contributed by atoms with Gasteiger partial charge >= 0.3 is 6.01 Å². The summed E-state index contributed by atoms with van der Waals surface area (Å²) in [6.07, 6.45) is 7.89. The number of carbonyl (C=O) groups is 1. The first-order chi connectivity index (χ1) is 8.22. The highest BCUT2D eigenvalue weighted by atomic mass is 16.4. The van der Waals surface area contributed by atoms with Crippen LogP contribution in [0.5, 0.6) is 0 Å². The molecule has 1 heterocycles. The van der Waals surface area contributed by atoms with Crippen molar-refractivity contribution < 1.29 is 9.21 Å². The van der Waals surface area contributed by atoms with Crippen molar-refractivity contribution in [3.63, 3.8) is 0 Å². The zero-order valence-corrected chi connectivity index (χ0v) is 10.6. The molecule has 4 nitrogen and oxygen atoms in total. The number of carbonyl (C=O) groups excluding carboxylic acids is 1. The van der Waals surface area contributed by atoms with E-state index in [9.17, 15) is 4.79 Å². The van der Waals surface area contributed by atoms with E-state index in [-0.39, 0.29) is 11.9 Å².